The number of nitrogens with one attached hydrogen (secondary N) is 1. The molecule has 4 heterocycles. The highest BCUT2D eigenvalue weighted by atomic mass is 16.6. The van der Waals surface area contributed by atoms with Gasteiger partial charge >= 0.3 is 6.09 Å². The van der Waals surface area contributed by atoms with Gasteiger partial charge in [0.15, 0.2) is 11.5 Å². The second kappa shape index (κ2) is 14.3. The molecule has 0 unspecified atom stereocenters. The van der Waals surface area contributed by atoms with Gasteiger partial charge in [0.1, 0.15) is 23.1 Å². The van der Waals surface area contributed by atoms with Crippen molar-refractivity contribution in [1.82, 2.24) is 24.7 Å². The molecule has 47 heavy (non-hydrogen) atoms. The molecule has 1 aromatic carbocycles. The van der Waals surface area contributed by atoms with Crippen LogP contribution in [0.5, 0.6) is 11.6 Å². The number of carbonyl (C=O) groups excluding carboxylic acids is 2. The Bertz CT molecular complexity index is 1460. The summed E-state index contributed by atoms with van der Waals surface area (Å²) in [6, 6.07) is 6.45. The zero-order valence-corrected chi connectivity index (χ0v) is 28.7. The van der Waals surface area contributed by atoms with Crippen molar-refractivity contribution in [2.45, 2.75) is 64.7 Å². The Labute approximate surface area is 278 Å². The molecule has 0 saturated carbocycles. The van der Waals surface area contributed by atoms with Crippen molar-refractivity contribution in [3.05, 3.63) is 36.2 Å². The third-order valence-corrected chi connectivity index (χ3v) is 8.88. The quantitative estimate of drug-likeness (QED) is 0.408. The lowest BCUT2D eigenvalue weighted by atomic mass is 10.0. The number of likely N-dealkylation sites (tertiary alicyclic amines) is 1. The van der Waals surface area contributed by atoms with E-state index in [1.54, 1.807) is 18.9 Å². The predicted octanol–water partition coefficient (Wildman–Crippen LogP) is 3.97. The number of amides is 2. The van der Waals surface area contributed by atoms with Gasteiger partial charge in [0.2, 0.25) is 5.88 Å². The number of aromatic nitrogens is 2. The maximum absolute atomic E-state index is 12.6. The minimum atomic E-state index is -0.738. The minimum Gasteiger partial charge on any atom is -0.495 e. The van der Waals surface area contributed by atoms with E-state index in [4.69, 9.17) is 19.9 Å². The van der Waals surface area contributed by atoms with Crippen LogP contribution in [0, 0.1) is 0 Å². The zero-order valence-electron chi connectivity index (χ0n) is 28.7. The molecule has 1 atom stereocenters. The number of primary amides is 1. The van der Waals surface area contributed by atoms with E-state index in [2.05, 4.69) is 43.6 Å². The molecule has 256 valence electrons. The van der Waals surface area contributed by atoms with Gasteiger partial charge in [-0.3, -0.25) is 9.69 Å². The summed E-state index contributed by atoms with van der Waals surface area (Å²) in [7, 11) is 3.85. The summed E-state index contributed by atoms with van der Waals surface area (Å²) in [5, 5.41) is 3.22. The molecule has 3 N–H and O–H groups in total. The van der Waals surface area contributed by atoms with Crippen LogP contribution in [-0.4, -0.2) is 121 Å². The van der Waals surface area contributed by atoms with Crippen LogP contribution in [0.4, 0.5) is 22.0 Å². The van der Waals surface area contributed by atoms with Gasteiger partial charge in [0.25, 0.3) is 5.91 Å². The van der Waals surface area contributed by atoms with E-state index in [1.165, 1.54) is 0 Å². The average Bonchev–Trinajstić information content (AvgIpc) is 3.49. The molecule has 0 radical (unpaired) electrons. The summed E-state index contributed by atoms with van der Waals surface area (Å²) in [5.74, 6) is 0.331. The number of nitrogens with zero attached hydrogens (tertiary/aromatic N) is 6. The molecule has 3 saturated heterocycles. The first kappa shape index (κ1) is 34.2. The number of rotatable bonds is 9. The zero-order chi connectivity index (χ0) is 33.9. The van der Waals surface area contributed by atoms with Crippen molar-refractivity contribution in [2.24, 2.45) is 5.73 Å². The second-order valence-electron chi connectivity index (χ2n) is 13.7. The smallest absolute Gasteiger partial charge is 0.410 e. The van der Waals surface area contributed by atoms with Crippen molar-refractivity contribution >= 4 is 34.8 Å². The summed E-state index contributed by atoms with van der Waals surface area (Å²) in [6.07, 6.45) is 2.07. The number of allylic oxidation sites excluding steroid dienone is 1. The third kappa shape index (κ3) is 8.44. The van der Waals surface area contributed by atoms with Gasteiger partial charge < -0.3 is 40.0 Å². The molecule has 3 fully saturated rings. The first-order valence-electron chi connectivity index (χ1n) is 16.5. The average molecular weight is 651 g/mol. The minimum absolute atomic E-state index is 0.0359. The Morgan fingerprint density at radius 3 is 2.32 bits per heavy atom. The maximum Gasteiger partial charge on any atom is 0.410 e. The highest BCUT2D eigenvalue weighted by molar-refractivity contribution is 5.97. The topological polar surface area (TPSA) is 139 Å². The number of piperazine rings is 1. The standard InChI is InChI=1S/C34H50N8O5/c1-22(2)28-32(46-25-12-15-42(21-25)33(44)47-34(3,4)5)38-31(29(37-28)30(35)43)36-23-8-9-26(27(20-23)45-7)41-13-10-24(11-14-41)40-18-16-39(6)17-19-40/h8-9,20,24-25H,1,10-19,21H2,2-7H3,(H2,35,43)(H,36,38)/t25-/m1/s1. The Balaban J connectivity index is 1.31. The Morgan fingerprint density at radius 1 is 1.00 bits per heavy atom. The van der Waals surface area contributed by atoms with Gasteiger partial charge in [-0.25, -0.2) is 9.78 Å². The van der Waals surface area contributed by atoms with Crippen LogP contribution < -0.4 is 25.4 Å². The Kier molecular flexibility index (Phi) is 10.5. The van der Waals surface area contributed by atoms with Crippen LogP contribution >= 0.6 is 0 Å². The van der Waals surface area contributed by atoms with Gasteiger partial charge in [-0.15, -0.1) is 0 Å². The fourth-order valence-electron chi connectivity index (χ4n) is 6.33. The van der Waals surface area contributed by atoms with E-state index < -0.39 is 17.6 Å². The van der Waals surface area contributed by atoms with Gasteiger partial charge in [0.05, 0.1) is 19.3 Å². The molecule has 3 aliphatic rings. The number of likely N-dealkylation sites (N-methyl/N-ethyl adjacent to an activating group) is 1. The van der Waals surface area contributed by atoms with E-state index in [0.29, 0.717) is 48.3 Å². The van der Waals surface area contributed by atoms with E-state index in [9.17, 15) is 9.59 Å². The molecule has 3 aliphatic heterocycles. The monoisotopic (exact) mass is 650 g/mol. The van der Waals surface area contributed by atoms with Gasteiger partial charge in [-0.1, -0.05) is 6.58 Å². The van der Waals surface area contributed by atoms with Crippen LogP contribution in [-0.2, 0) is 4.74 Å². The second-order valence-corrected chi connectivity index (χ2v) is 13.7. The number of hydrogen-bond acceptors (Lipinski definition) is 11. The predicted molar refractivity (Wildman–Crippen MR) is 183 cm³/mol. The van der Waals surface area contributed by atoms with Crippen molar-refractivity contribution in [2.75, 3.05) is 76.7 Å². The lowest BCUT2D eigenvalue weighted by Crippen LogP contribution is -2.52. The third-order valence-electron chi connectivity index (χ3n) is 8.88. The van der Waals surface area contributed by atoms with Gasteiger partial charge in [-0.05, 0) is 65.3 Å². The SMILES string of the molecule is C=C(C)c1nc(C(N)=O)c(Nc2ccc(N3CCC(N4CCN(C)CC4)CC3)c(OC)c2)nc1O[C@@H]1CCN(C(=O)OC(C)(C)C)C1. The Morgan fingerprint density at radius 2 is 1.70 bits per heavy atom. The van der Waals surface area contributed by atoms with Crippen molar-refractivity contribution < 1.29 is 23.8 Å². The summed E-state index contributed by atoms with van der Waals surface area (Å²) >= 11 is 0. The lowest BCUT2D eigenvalue weighted by molar-refractivity contribution is 0.0274. The Hall–Kier alpha value is -4.10. The summed E-state index contributed by atoms with van der Waals surface area (Å²) in [5.41, 5.74) is 7.69. The molecule has 2 amide bonds. The van der Waals surface area contributed by atoms with E-state index in [1.807, 2.05) is 39.0 Å². The highest BCUT2D eigenvalue weighted by Crippen LogP contribution is 2.36. The summed E-state index contributed by atoms with van der Waals surface area (Å²) in [4.78, 5) is 43.4. The lowest BCUT2D eigenvalue weighted by Gasteiger charge is -2.42. The van der Waals surface area contributed by atoms with E-state index in [0.717, 1.165) is 57.8 Å². The molecular formula is C34H50N8O5. The number of carbonyl (C=O) groups is 2. The van der Waals surface area contributed by atoms with Crippen LogP contribution in [0.25, 0.3) is 5.57 Å². The molecular weight excluding hydrogens is 600 g/mol. The molecule has 5 rings (SSSR count). The van der Waals surface area contributed by atoms with E-state index in [-0.39, 0.29) is 23.5 Å². The van der Waals surface area contributed by atoms with Crippen molar-refractivity contribution in [3.63, 3.8) is 0 Å². The number of hydrogen-bond donors (Lipinski definition) is 2. The maximum atomic E-state index is 12.6. The summed E-state index contributed by atoms with van der Waals surface area (Å²) in [6.45, 7) is 18.5. The fourth-order valence-corrected chi connectivity index (χ4v) is 6.33. The number of methoxy groups -OCH3 is 1. The first-order valence-corrected chi connectivity index (χ1v) is 16.5. The summed E-state index contributed by atoms with van der Waals surface area (Å²) < 4.78 is 17.6. The van der Waals surface area contributed by atoms with E-state index >= 15 is 0 Å². The molecule has 1 aromatic heterocycles. The molecule has 13 heteroatoms. The number of benzene rings is 1. The van der Waals surface area contributed by atoms with Gasteiger partial charge in [0, 0.05) is 70.0 Å². The largest absolute Gasteiger partial charge is 0.495 e. The van der Waals surface area contributed by atoms with Crippen LogP contribution in [0.3, 0.4) is 0 Å². The highest BCUT2D eigenvalue weighted by Gasteiger charge is 2.33. The number of anilines is 3. The van der Waals surface area contributed by atoms with Gasteiger partial charge in [-0.2, -0.15) is 4.98 Å². The van der Waals surface area contributed by atoms with Crippen LogP contribution in [0.1, 0.15) is 63.1 Å². The number of piperidine rings is 1. The molecule has 2 aromatic rings. The van der Waals surface area contributed by atoms with Crippen LogP contribution in [0.15, 0.2) is 24.8 Å². The molecule has 0 aliphatic carbocycles. The number of nitrogens with two attached hydrogens (primary N) is 1. The first-order chi connectivity index (χ1) is 22.3. The van der Waals surface area contributed by atoms with Crippen molar-refractivity contribution in [1.29, 1.82) is 0 Å². The molecule has 0 spiro atoms. The normalized spacial score (nSPS) is 19.8. The molecule has 13 nitrogen and oxygen atoms in total. The molecule has 0 bridgehead atoms. The fraction of sp³-hybridized carbons (Fsp3) is 0.588. The van der Waals surface area contributed by atoms with Crippen LogP contribution in [0.2, 0.25) is 0 Å². The number of ether oxygens (including phenoxy) is 3. The van der Waals surface area contributed by atoms with Crippen molar-refractivity contribution in [3.8, 4) is 11.6 Å².